The van der Waals surface area contributed by atoms with E-state index in [1.54, 1.807) is 13.8 Å². The minimum Gasteiger partial charge on any atom is -0.390 e. The second kappa shape index (κ2) is 25.6. The van der Waals surface area contributed by atoms with Gasteiger partial charge in [0.1, 0.15) is 23.5 Å². The third-order valence-electron chi connectivity index (χ3n) is 8.42. The van der Waals surface area contributed by atoms with Crippen LogP contribution in [0.3, 0.4) is 0 Å². The van der Waals surface area contributed by atoms with Crippen molar-refractivity contribution in [2.75, 3.05) is 40.5 Å². The van der Waals surface area contributed by atoms with E-state index in [4.69, 9.17) is 11.5 Å². The molecule has 2 aromatic carbocycles. The number of unbranched alkanes of at least 4 members (excludes halogenated alkanes) is 2. The number of benzene rings is 2. The first-order chi connectivity index (χ1) is 28.7. The van der Waals surface area contributed by atoms with Crippen molar-refractivity contribution in [1.82, 2.24) is 9.97 Å². The maximum absolute atomic E-state index is 14.6. The molecule has 1 aromatic heterocycles. The van der Waals surface area contributed by atoms with Crippen LogP contribution in [0.15, 0.2) is 56.4 Å². The molecule has 3 rings (SSSR count). The summed E-state index contributed by atoms with van der Waals surface area (Å²) in [5.74, 6) is -7.31. The predicted molar refractivity (Wildman–Crippen MR) is 234 cm³/mol. The number of alkyl halides is 4. The average molecular weight is 896 g/mol. The molecule has 13 nitrogen and oxygen atoms in total. The monoisotopic (exact) mass is 895 g/mol. The van der Waals surface area contributed by atoms with Crippen molar-refractivity contribution < 1.29 is 41.1 Å². The fourth-order valence-corrected chi connectivity index (χ4v) is 7.04. The number of anilines is 3. The normalized spacial score (nSPS) is 11.8. The molecule has 0 unspecified atom stereocenters. The van der Waals surface area contributed by atoms with E-state index in [1.807, 2.05) is 13.8 Å². The summed E-state index contributed by atoms with van der Waals surface area (Å²) in [5.41, 5.74) is 9.26. The van der Waals surface area contributed by atoms with Gasteiger partial charge in [0, 0.05) is 68.3 Å². The molecule has 0 aliphatic rings. The van der Waals surface area contributed by atoms with Gasteiger partial charge in [-0.2, -0.15) is 4.39 Å². The molecule has 0 radical (unpaired) electrons. The molecule has 0 aliphatic heterocycles. The molecule has 0 spiro atoms. The highest BCUT2D eigenvalue weighted by Gasteiger charge is 2.29. The zero-order valence-electron chi connectivity index (χ0n) is 35.1. The highest BCUT2D eigenvalue weighted by atomic mass is 32.2. The van der Waals surface area contributed by atoms with Gasteiger partial charge in [0.15, 0.2) is 0 Å². The van der Waals surface area contributed by atoms with Crippen LogP contribution in [-0.2, 0) is 21.4 Å². The number of carbonyl (C=O) groups is 4. The van der Waals surface area contributed by atoms with E-state index in [2.05, 4.69) is 35.9 Å². The highest BCUT2D eigenvalue weighted by molar-refractivity contribution is 7.99. The fraction of sp³-hybridized carbons (Fsp3) is 0.463. The van der Waals surface area contributed by atoms with E-state index < -0.39 is 41.2 Å². The Morgan fingerprint density at radius 1 is 0.738 bits per heavy atom. The summed E-state index contributed by atoms with van der Waals surface area (Å²) < 4.78 is 70.2. The van der Waals surface area contributed by atoms with E-state index >= 15 is 0 Å². The van der Waals surface area contributed by atoms with E-state index in [1.165, 1.54) is 42.0 Å². The number of nitrogens with zero attached hydrogens (tertiary/aromatic N) is 4. The summed E-state index contributed by atoms with van der Waals surface area (Å²) in [6.45, 7) is 9.45. The first kappa shape index (κ1) is 52.0. The standard InChI is InChI=1S/C33H38F5N7O3S2.C8H16N2O/c1-6-49-27-18(3)12-19(32(4,35)36)13-21(27)44-29(47)24-16-25(42-17-41-24)30(48)45-23-15-20(33(5,37)38)14-22(28(23)50-7-2)43-26(46)10-8-9-11-40-31(34)39;1-2-8(11)5-3-4-6-10-7-9/h12-17H,6-11H2,1-5H3,(H2,39,40)(H,43,46)(H,44,47)(H,45,48);7H,2-6H2,1H3,(H2,9,10). The zero-order chi connectivity index (χ0) is 45.8. The van der Waals surface area contributed by atoms with Gasteiger partial charge in [-0.25, -0.2) is 32.5 Å². The number of aryl methyl sites for hydroxylation is 1. The Bertz CT molecular complexity index is 2020. The van der Waals surface area contributed by atoms with E-state index in [0.29, 0.717) is 65.3 Å². The number of hydrogen-bond donors (Lipinski definition) is 5. The third-order valence-corrected chi connectivity index (χ3v) is 10.6. The van der Waals surface area contributed by atoms with Gasteiger partial charge in [-0.05, 0) is 73.9 Å². The minimum atomic E-state index is -3.36. The van der Waals surface area contributed by atoms with Crippen molar-refractivity contribution >= 4 is 76.5 Å². The number of hydrogen-bond acceptors (Lipinski definition) is 10. The molecular weight excluding hydrogens is 842 g/mol. The number of amidine groups is 1. The molecule has 20 heteroatoms. The molecule has 61 heavy (non-hydrogen) atoms. The van der Waals surface area contributed by atoms with Crippen LogP contribution >= 0.6 is 23.5 Å². The maximum atomic E-state index is 14.6. The van der Waals surface area contributed by atoms with Gasteiger partial charge in [-0.15, -0.1) is 23.5 Å². The molecule has 0 aliphatic carbocycles. The lowest BCUT2D eigenvalue weighted by Crippen LogP contribution is -2.20. The summed E-state index contributed by atoms with van der Waals surface area (Å²) >= 11 is 2.54. The number of amides is 3. The number of nitrogens with two attached hydrogens (primary N) is 2. The van der Waals surface area contributed by atoms with Crippen LogP contribution in [-0.4, -0.2) is 70.5 Å². The number of nitrogens with one attached hydrogen (secondary N) is 3. The lowest BCUT2D eigenvalue weighted by atomic mass is 10.1. The lowest BCUT2D eigenvalue weighted by Gasteiger charge is -2.20. The number of carbonyl (C=O) groups excluding carboxylic acids is 4. The van der Waals surface area contributed by atoms with Gasteiger partial charge in [-0.3, -0.25) is 24.2 Å². The summed E-state index contributed by atoms with van der Waals surface area (Å²) in [7, 11) is 0. The van der Waals surface area contributed by atoms with Crippen molar-refractivity contribution in [3.8, 4) is 0 Å². The van der Waals surface area contributed by atoms with Crippen LogP contribution in [0.4, 0.5) is 39.0 Å². The Hall–Kier alpha value is -5.11. The van der Waals surface area contributed by atoms with Crippen molar-refractivity contribution in [3.63, 3.8) is 0 Å². The van der Waals surface area contributed by atoms with Crippen molar-refractivity contribution in [1.29, 1.82) is 0 Å². The van der Waals surface area contributed by atoms with Gasteiger partial charge in [0.2, 0.25) is 5.91 Å². The second-order valence-corrected chi connectivity index (χ2v) is 16.1. The van der Waals surface area contributed by atoms with Gasteiger partial charge in [0.05, 0.1) is 28.3 Å². The van der Waals surface area contributed by atoms with Gasteiger partial charge in [-0.1, -0.05) is 20.8 Å². The Morgan fingerprint density at radius 3 is 1.74 bits per heavy atom. The van der Waals surface area contributed by atoms with Crippen molar-refractivity contribution in [2.24, 2.45) is 21.5 Å². The van der Waals surface area contributed by atoms with E-state index in [-0.39, 0.29) is 47.0 Å². The summed E-state index contributed by atoms with van der Waals surface area (Å²) in [5, 5.41) is 7.81. The van der Waals surface area contributed by atoms with Crippen LogP contribution in [0, 0.1) is 6.92 Å². The fourth-order valence-electron chi connectivity index (χ4n) is 5.37. The SMILES string of the molecule is CCC(=O)CCCCN=CN.CCSc1c(C)cc(C(C)(F)F)cc1NC(=O)c1cc(C(=O)Nc2cc(C(C)(F)F)cc(NC(=O)CCCCN=C(N)F)c2SCC)ncn1. The first-order valence-electron chi connectivity index (χ1n) is 19.5. The quantitative estimate of drug-likeness (QED) is 0.0161. The molecule has 0 atom stereocenters. The van der Waals surface area contributed by atoms with E-state index in [0.717, 1.165) is 50.8 Å². The molecule has 1 heterocycles. The predicted octanol–water partition coefficient (Wildman–Crippen LogP) is 9.25. The van der Waals surface area contributed by atoms with Crippen LogP contribution in [0.1, 0.15) is 117 Å². The Morgan fingerprint density at radius 2 is 1.23 bits per heavy atom. The Balaban J connectivity index is 0.00000102. The molecule has 3 amide bonds. The summed E-state index contributed by atoms with van der Waals surface area (Å²) in [4.78, 5) is 66.2. The number of aromatic nitrogens is 2. The largest absolute Gasteiger partial charge is 0.390 e. The number of aliphatic imine (C=N–C) groups is 2. The van der Waals surface area contributed by atoms with Gasteiger partial charge >= 0.3 is 0 Å². The summed E-state index contributed by atoms with van der Waals surface area (Å²) in [6.07, 6.45) is 5.12. The number of rotatable bonds is 22. The number of thioether (sulfide) groups is 2. The number of Topliss-reactive ketones (excluding diaryl/α,β-unsaturated/α-hetero) is 1. The third kappa shape index (κ3) is 18.2. The first-order valence-corrected chi connectivity index (χ1v) is 21.5. The topological polar surface area (TPSA) is 207 Å². The Kier molecular flexibility index (Phi) is 21.8. The molecule has 0 saturated carbocycles. The van der Waals surface area contributed by atoms with Crippen LogP contribution in [0.2, 0.25) is 0 Å². The zero-order valence-corrected chi connectivity index (χ0v) is 36.7. The minimum absolute atomic E-state index is 0.0124. The molecule has 0 bridgehead atoms. The molecule has 0 fully saturated rings. The second-order valence-electron chi connectivity index (χ2n) is 13.5. The van der Waals surface area contributed by atoms with Crippen LogP contribution in [0.25, 0.3) is 0 Å². The Labute approximate surface area is 361 Å². The highest BCUT2D eigenvalue weighted by Crippen LogP contribution is 2.41. The molecule has 3 aromatic rings. The van der Waals surface area contributed by atoms with Gasteiger partial charge in [0.25, 0.3) is 29.7 Å². The number of halogens is 5. The smallest absolute Gasteiger partial charge is 0.275 e. The van der Waals surface area contributed by atoms with E-state index in [9.17, 15) is 41.1 Å². The number of ketones is 1. The van der Waals surface area contributed by atoms with Crippen LogP contribution in [0.5, 0.6) is 0 Å². The maximum Gasteiger partial charge on any atom is 0.275 e. The summed E-state index contributed by atoms with van der Waals surface area (Å²) in [6, 6.07) is 5.84. The molecule has 334 valence electrons. The molecular formula is C41H54F5N9O4S2. The van der Waals surface area contributed by atoms with Crippen molar-refractivity contribution in [2.45, 2.75) is 108 Å². The average Bonchev–Trinajstić information content (AvgIpc) is 3.19. The molecule has 7 N–H and O–H groups in total. The van der Waals surface area contributed by atoms with Crippen LogP contribution < -0.4 is 27.4 Å². The van der Waals surface area contributed by atoms with Gasteiger partial charge < -0.3 is 27.4 Å². The van der Waals surface area contributed by atoms with Crippen molar-refractivity contribution in [3.05, 3.63) is 64.7 Å². The molecule has 0 saturated heterocycles. The lowest BCUT2D eigenvalue weighted by molar-refractivity contribution is -0.119.